The summed E-state index contributed by atoms with van der Waals surface area (Å²) in [6.45, 7) is 3.88. The van der Waals surface area contributed by atoms with Crippen molar-refractivity contribution in [2.75, 3.05) is 32.7 Å². The van der Waals surface area contributed by atoms with Gasteiger partial charge in [0, 0.05) is 19.6 Å². The van der Waals surface area contributed by atoms with Gasteiger partial charge in [0.15, 0.2) is 0 Å². The Morgan fingerprint density at radius 3 is 2.32 bits per heavy atom. The molecule has 6 nitrogen and oxygen atoms in total. The highest BCUT2D eigenvalue weighted by Gasteiger charge is 2.46. The fraction of sp³-hybridized carbons (Fsp3) is 0.750. The number of piperidine rings is 2. The lowest BCUT2D eigenvalue weighted by atomic mass is 9.83. The lowest BCUT2D eigenvalue weighted by Crippen LogP contribution is -2.64. The van der Waals surface area contributed by atoms with E-state index < -0.39 is 5.54 Å². The van der Waals surface area contributed by atoms with Crippen LogP contribution in [-0.4, -0.2) is 65.9 Å². The fourth-order valence-corrected chi connectivity index (χ4v) is 3.97. The minimum atomic E-state index is -0.545. The van der Waals surface area contributed by atoms with Crippen LogP contribution in [0.5, 0.6) is 0 Å². The van der Waals surface area contributed by atoms with E-state index in [0.717, 1.165) is 32.5 Å². The van der Waals surface area contributed by atoms with Crippen molar-refractivity contribution in [1.29, 1.82) is 0 Å². The molecule has 3 aliphatic rings. The van der Waals surface area contributed by atoms with Gasteiger partial charge in [-0.2, -0.15) is 0 Å². The lowest BCUT2D eigenvalue weighted by molar-refractivity contribution is -0.142. The van der Waals surface area contributed by atoms with E-state index in [4.69, 9.17) is 5.73 Å². The normalized spacial score (nSPS) is 28.7. The number of carbonyl (C=O) groups is 2. The number of likely N-dealkylation sites (tertiary alicyclic amines) is 2. The SMILES string of the molecule is NC(=O)C1(N2CCCCC2)CCN(C(=O)C2C=CCN2)CC1. The molecule has 22 heavy (non-hydrogen) atoms. The molecule has 0 saturated carbocycles. The predicted molar refractivity (Wildman–Crippen MR) is 84.1 cm³/mol. The second-order valence-electron chi connectivity index (χ2n) is 6.58. The minimum absolute atomic E-state index is 0.116. The van der Waals surface area contributed by atoms with Crippen LogP contribution in [0.2, 0.25) is 0 Å². The average molecular weight is 306 g/mol. The van der Waals surface area contributed by atoms with E-state index in [1.165, 1.54) is 6.42 Å². The molecule has 0 bridgehead atoms. The van der Waals surface area contributed by atoms with Crippen molar-refractivity contribution in [3.8, 4) is 0 Å². The number of hydrogen-bond donors (Lipinski definition) is 2. The molecule has 3 rings (SSSR count). The van der Waals surface area contributed by atoms with Crippen molar-refractivity contribution in [2.24, 2.45) is 5.73 Å². The average Bonchev–Trinajstić information content (AvgIpc) is 3.09. The summed E-state index contributed by atoms with van der Waals surface area (Å²) in [5.74, 6) is -0.106. The Bertz CT molecular complexity index is 463. The van der Waals surface area contributed by atoms with Gasteiger partial charge in [-0.3, -0.25) is 19.8 Å². The number of nitrogens with one attached hydrogen (secondary N) is 1. The summed E-state index contributed by atoms with van der Waals surface area (Å²) in [4.78, 5) is 28.7. The molecule has 3 heterocycles. The summed E-state index contributed by atoms with van der Waals surface area (Å²) in [5, 5.41) is 3.16. The monoisotopic (exact) mass is 306 g/mol. The molecule has 2 fully saturated rings. The number of amides is 2. The van der Waals surface area contributed by atoms with Crippen molar-refractivity contribution >= 4 is 11.8 Å². The van der Waals surface area contributed by atoms with Crippen LogP contribution in [0.4, 0.5) is 0 Å². The second-order valence-corrected chi connectivity index (χ2v) is 6.58. The predicted octanol–water partition coefficient (Wildman–Crippen LogP) is -0.153. The zero-order valence-corrected chi connectivity index (χ0v) is 13.1. The van der Waals surface area contributed by atoms with Crippen LogP contribution < -0.4 is 11.1 Å². The van der Waals surface area contributed by atoms with Gasteiger partial charge >= 0.3 is 0 Å². The Labute approximate surface area is 131 Å². The summed E-state index contributed by atoms with van der Waals surface area (Å²) in [6, 6.07) is -0.198. The van der Waals surface area contributed by atoms with Crippen molar-refractivity contribution in [2.45, 2.75) is 43.7 Å². The first-order chi connectivity index (χ1) is 10.6. The van der Waals surface area contributed by atoms with E-state index in [1.54, 1.807) is 0 Å². The third-order valence-corrected chi connectivity index (χ3v) is 5.37. The molecule has 6 heteroatoms. The maximum atomic E-state index is 12.4. The van der Waals surface area contributed by atoms with E-state index >= 15 is 0 Å². The molecule has 2 amide bonds. The molecular weight excluding hydrogens is 280 g/mol. The Balaban J connectivity index is 1.65. The molecule has 0 aromatic heterocycles. The zero-order valence-electron chi connectivity index (χ0n) is 13.1. The fourth-order valence-electron chi connectivity index (χ4n) is 3.97. The molecule has 0 radical (unpaired) electrons. The number of primary amides is 1. The minimum Gasteiger partial charge on any atom is -0.368 e. The van der Waals surface area contributed by atoms with Crippen LogP contribution in [0.1, 0.15) is 32.1 Å². The van der Waals surface area contributed by atoms with Crippen molar-refractivity contribution in [3.63, 3.8) is 0 Å². The van der Waals surface area contributed by atoms with E-state index in [-0.39, 0.29) is 17.9 Å². The molecule has 0 aliphatic carbocycles. The highest BCUT2D eigenvalue weighted by molar-refractivity contribution is 5.87. The molecule has 3 N–H and O–H groups in total. The first-order valence-corrected chi connectivity index (χ1v) is 8.37. The molecular formula is C16H26N4O2. The quantitative estimate of drug-likeness (QED) is 0.711. The Morgan fingerprint density at radius 1 is 1.09 bits per heavy atom. The molecule has 0 spiro atoms. The third-order valence-electron chi connectivity index (χ3n) is 5.37. The standard InChI is InChI=1S/C16H26N4O2/c17-15(22)16(20-9-2-1-3-10-20)6-11-19(12-7-16)14(21)13-5-4-8-18-13/h4-5,13,18H,1-3,6-12H2,(H2,17,22). The molecule has 122 valence electrons. The first-order valence-electron chi connectivity index (χ1n) is 8.37. The van der Waals surface area contributed by atoms with E-state index in [9.17, 15) is 9.59 Å². The van der Waals surface area contributed by atoms with Crippen molar-refractivity contribution in [1.82, 2.24) is 15.1 Å². The summed E-state index contributed by atoms with van der Waals surface area (Å²) in [7, 11) is 0. The number of hydrogen-bond acceptors (Lipinski definition) is 4. The van der Waals surface area contributed by atoms with Crippen LogP contribution in [0.3, 0.4) is 0 Å². The summed E-state index contributed by atoms with van der Waals surface area (Å²) < 4.78 is 0. The van der Waals surface area contributed by atoms with Gasteiger partial charge in [-0.1, -0.05) is 18.6 Å². The van der Waals surface area contributed by atoms with E-state index in [1.807, 2.05) is 17.1 Å². The van der Waals surface area contributed by atoms with Crippen LogP contribution in [0, 0.1) is 0 Å². The molecule has 3 aliphatic heterocycles. The molecule has 1 unspecified atom stereocenters. The van der Waals surface area contributed by atoms with Gasteiger partial charge in [-0.05, 0) is 38.8 Å². The van der Waals surface area contributed by atoms with Crippen molar-refractivity contribution < 1.29 is 9.59 Å². The van der Waals surface area contributed by atoms with Crippen LogP contribution >= 0.6 is 0 Å². The maximum absolute atomic E-state index is 12.4. The maximum Gasteiger partial charge on any atom is 0.243 e. The molecule has 1 atom stereocenters. The number of rotatable bonds is 3. The van der Waals surface area contributed by atoms with Crippen LogP contribution in [0.25, 0.3) is 0 Å². The molecule has 0 aromatic carbocycles. The highest BCUT2D eigenvalue weighted by Crippen LogP contribution is 2.31. The van der Waals surface area contributed by atoms with E-state index in [0.29, 0.717) is 25.9 Å². The highest BCUT2D eigenvalue weighted by atomic mass is 16.2. The van der Waals surface area contributed by atoms with Crippen molar-refractivity contribution in [3.05, 3.63) is 12.2 Å². The summed E-state index contributed by atoms with van der Waals surface area (Å²) in [6.07, 6.45) is 8.71. The van der Waals surface area contributed by atoms with Gasteiger partial charge in [-0.25, -0.2) is 0 Å². The second kappa shape index (κ2) is 6.38. The van der Waals surface area contributed by atoms with Gasteiger partial charge in [0.1, 0.15) is 11.6 Å². The summed E-state index contributed by atoms with van der Waals surface area (Å²) in [5.41, 5.74) is 5.22. The van der Waals surface area contributed by atoms with E-state index in [2.05, 4.69) is 10.2 Å². The van der Waals surface area contributed by atoms with Gasteiger partial charge in [0.25, 0.3) is 0 Å². The molecule has 2 saturated heterocycles. The van der Waals surface area contributed by atoms with Gasteiger partial charge in [0.05, 0.1) is 0 Å². The number of carbonyl (C=O) groups excluding carboxylic acids is 2. The Kier molecular flexibility index (Phi) is 4.49. The summed E-state index contributed by atoms with van der Waals surface area (Å²) >= 11 is 0. The number of nitrogens with zero attached hydrogens (tertiary/aromatic N) is 2. The number of nitrogens with two attached hydrogens (primary N) is 1. The topological polar surface area (TPSA) is 78.7 Å². The first kappa shape index (κ1) is 15.5. The van der Waals surface area contributed by atoms with Gasteiger partial charge < -0.3 is 10.6 Å². The zero-order chi connectivity index (χ0) is 15.6. The largest absolute Gasteiger partial charge is 0.368 e. The van der Waals surface area contributed by atoms with Gasteiger partial charge in [0.2, 0.25) is 11.8 Å². The third kappa shape index (κ3) is 2.77. The Hall–Kier alpha value is -1.40. The molecule has 0 aromatic rings. The Morgan fingerprint density at radius 2 is 1.77 bits per heavy atom. The van der Waals surface area contributed by atoms with Gasteiger partial charge in [-0.15, -0.1) is 0 Å². The smallest absolute Gasteiger partial charge is 0.243 e. The lowest BCUT2D eigenvalue weighted by Gasteiger charge is -2.48. The van der Waals surface area contributed by atoms with Crippen LogP contribution in [0.15, 0.2) is 12.2 Å². The van der Waals surface area contributed by atoms with Crippen LogP contribution in [-0.2, 0) is 9.59 Å².